The molecule has 0 aromatic heterocycles. The van der Waals surface area contributed by atoms with Crippen LogP contribution < -0.4 is 10.5 Å². The molecule has 84 valence electrons. The topological polar surface area (TPSA) is 59.0 Å². The highest BCUT2D eigenvalue weighted by molar-refractivity contribution is 14.1. The number of nitriles is 1. The van der Waals surface area contributed by atoms with Crippen molar-refractivity contribution in [1.82, 2.24) is 0 Å². The zero-order valence-corrected chi connectivity index (χ0v) is 11.0. The van der Waals surface area contributed by atoms with Gasteiger partial charge in [0.15, 0.2) is 0 Å². The lowest BCUT2D eigenvalue weighted by Crippen LogP contribution is -1.90. The van der Waals surface area contributed by atoms with Crippen molar-refractivity contribution >= 4 is 28.3 Å². The van der Waals surface area contributed by atoms with Crippen molar-refractivity contribution < 1.29 is 4.74 Å². The number of nitrogen functional groups attached to an aromatic ring is 1. The van der Waals surface area contributed by atoms with Crippen LogP contribution >= 0.6 is 22.6 Å². The van der Waals surface area contributed by atoms with Crippen LogP contribution in [0.15, 0.2) is 42.5 Å². The van der Waals surface area contributed by atoms with Gasteiger partial charge in [-0.2, -0.15) is 5.26 Å². The number of hydrogen-bond acceptors (Lipinski definition) is 3. The maximum Gasteiger partial charge on any atom is 0.140 e. The summed E-state index contributed by atoms with van der Waals surface area (Å²) < 4.78 is 6.63. The molecular weight excluding hydrogens is 327 g/mol. The van der Waals surface area contributed by atoms with Crippen molar-refractivity contribution in [3.63, 3.8) is 0 Å². The summed E-state index contributed by atoms with van der Waals surface area (Å²) in [5.74, 6) is 1.38. The fourth-order valence-electron chi connectivity index (χ4n) is 1.36. The molecular formula is C13H9IN2O. The summed E-state index contributed by atoms with van der Waals surface area (Å²) >= 11 is 2.16. The van der Waals surface area contributed by atoms with Gasteiger partial charge in [-0.15, -0.1) is 0 Å². The highest BCUT2D eigenvalue weighted by atomic mass is 127. The molecule has 0 spiro atoms. The van der Waals surface area contributed by atoms with Crippen LogP contribution in [0, 0.1) is 14.9 Å². The normalized spacial score (nSPS) is 9.65. The molecule has 0 saturated heterocycles. The van der Waals surface area contributed by atoms with E-state index < -0.39 is 0 Å². The van der Waals surface area contributed by atoms with Crippen molar-refractivity contribution in [2.45, 2.75) is 0 Å². The molecule has 0 atom stereocenters. The Labute approximate surface area is 113 Å². The minimum Gasteiger partial charge on any atom is -0.456 e. The molecule has 0 bridgehead atoms. The van der Waals surface area contributed by atoms with Crippen LogP contribution in [0.1, 0.15) is 5.56 Å². The van der Waals surface area contributed by atoms with Gasteiger partial charge < -0.3 is 10.5 Å². The first-order valence-electron chi connectivity index (χ1n) is 4.92. The van der Waals surface area contributed by atoms with Crippen LogP contribution in [-0.4, -0.2) is 0 Å². The van der Waals surface area contributed by atoms with Gasteiger partial charge in [-0.25, -0.2) is 0 Å². The van der Waals surface area contributed by atoms with Crippen molar-refractivity contribution in [3.05, 3.63) is 51.6 Å². The molecule has 0 aliphatic rings. The Morgan fingerprint density at radius 1 is 1.18 bits per heavy atom. The Kier molecular flexibility index (Phi) is 3.49. The lowest BCUT2D eigenvalue weighted by molar-refractivity contribution is 0.479. The summed E-state index contributed by atoms with van der Waals surface area (Å²) in [6, 6.07) is 14.6. The van der Waals surface area contributed by atoms with Crippen LogP contribution in [0.2, 0.25) is 0 Å². The van der Waals surface area contributed by atoms with Gasteiger partial charge in [0.2, 0.25) is 0 Å². The Balaban J connectivity index is 2.28. The molecule has 0 aliphatic carbocycles. The standard InChI is InChI=1S/C13H9IN2O/c14-12-7-10(16)4-5-13(12)17-11-3-1-2-9(6-11)8-15/h1-7H,16H2. The van der Waals surface area contributed by atoms with Gasteiger partial charge in [-0.1, -0.05) is 6.07 Å². The molecule has 17 heavy (non-hydrogen) atoms. The van der Waals surface area contributed by atoms with E-state index in [0.717, 1.165) is 9.32 Å². The number of ether oxygens (including phenoxy) is 1. The van der Waals surface area contributed by atoms with Crippen LogP contribution in [0.4, 0.5) is 5.69 Å². The fourth-order valence-corrected chi connectivity index (χ4v) is 2.01. The van der Waals surface area contributed by atoms with Gasteiger partial charge >= 0.3 is 0 Å². The number of benzene rings is 2. The minimum atomic E-state index is 0.577. The minimum absolute atomic E-state index is 0.577. The van der Waals surface area contributed by atoms with E-state index >= 15 is 0 Å². The summed E-state index contributed by atoms with van der Waals surface area (Å²) in [6.45, 7) is 0. The largest absolute Gasteiger partial charge is 0.456 e. The van der Waals surface area contributed by atoms with E-state index in [4.69, 9.17) is 15.7 Å². The third-order valence-corrected chi connectivity index (χ3v) is 2.99. The Morgan fingerprint density at radius 2 is 2.00 bits per heavy atom. The summed E-state index contributed by atoms with van der Waals surface area (Å²) in [5.41, 5.74) is 6.94. The van der Waals surface area contributed by atoms with Gasteiger partial charge in [0, 0.05) is 5.69 Å². The molecule has 2 rings (SSSR count). The predicted octanol–water partition coefficient (Wildman–Crippen LogP) is 3.54. The van der Waals surface area contributed by atoms with Gasteiger partial charge in [-0.05, 0) is 59.0 Å². The zero-order valence-electron chi connectivity index (χ0n) is 8.85. The number of nitrogens with zero attached hydrogens (tertiary/aromatic N) is 1. The lowest BCUT2D eigenvalue weighted by Gasteiger charge is -2.08. The molecule has 0 radical (unpaired) electrons. The van der Waals surface area contributed by atoms with Crippen LogP contribution in [0.25, 0.3) is 0 Å². The molecule has 0 amide bonds. The van der Waals surface area contributed by atoms with E-state index in [1.54, 1.807) is 24.3 Å². The second-order valence-electron chi connectivity index (χ2n) is 3.43. The van der Waals surface area contributed by atoms with E-state index in [2.05, 4.69) is 28.7 Å². The third-order valence-electron chi connectivity index (χ3n) is 2.15. The summed E-state index contributed by atoms with van der Waals surface area (Å²) in [7, 11) is 0. The van der Waals surface area contributed by atoms with Crippen LogP contribution in [0.5, 0.6) is 11.5 Å². The summed E-state index contributed by atoms with van der Waals surface area (Å²) in [4.78, 5) is 0. The van der Waals surface area contributed by atoms with E-state index in [9.17, 15) is 0 Å². The molecule has 0 saturated carbocycles. The first kappa shape index (κ1) is 11.7. The molecule has 3 nitrogen and oxygen atoms in total. The first-order valence-corrected chi connectivity index (χ1v) is 6.00. The maximum absolute atomic E-state index is 8.80. The quantitative estimate of drug-likeness (QED) is 0.674. The average Bonchev–Trinajstić information content (AvgIpc) is 2.33. The zero-order chi connectivity index (χ0) is 12.3. The van der Waals surface area contributed by atoms with Crippen molar-refractivity contribution in [3.8, 4) is 17.6 Å². The van der Waals surface area contributed by atoms with E-state index in [-0.39, 0.29) is 0 Å². The number of halogens is 1. The van der Waals surface area contributed by atoms with E-state index in [0.29, 0.717) is 17.0 Å². The molecule has 2 aromatic carbocycles. The van der Waals surface area contributed by atoms with Crippen LogP contribution in [0.3, 0.4) is 0 Å². The Bertz CT molecular complexity index is 590. The second kappa shape index (κ2) is 5.06. The lowest BCUT2D eigenvalue weighted by atomic mass is 10.2. The Hall–Kier alpha value is -1.74. The van der Waals surface area contributed by atoms with Gasteiger partial charge in [0.05, 0.1) is 15.2 Å². The SMILES string of the molecule is N#Cc1cccc(Oc2ccc(N)cc2I)c1. The second-order valence-corrected chi connectivity index (χ2v) is 4.59. The number of nitrogens with two attached hydrogens (primary N) is 1. The molecule has 0 heterocycles. The van der Waals surface area contributed by atoms with Crippen LogP contribution in [-0.2, 0) is 0 Å². The smallest absolute Gasteiger partial charge is 0.140 e. The monoisotopic (exact) mass is 336 g/mol. The number of rotatable bonds is 2. The number of anilines is 1. The molecule has 0 fully saturated rings. The van der Waals surface area contributed by atoms with Gasteiger partial charge in [0.1, 0.15) is 11.5 Å². The third kappa shape index (κ3) is 2.88. The van der Waals surface area contributed by atoms with Gasteiger partial charge in [-0.3, -0.25) is 0 Å². The van der Waals surface area contributed by atoms with Crippen molar-refractivity contribution in [2.24, 2.45) is 0 Å². The number of hydrogen-bond donors (Lipinski definition) is 1. The molecule has 0 unspecified atom stereocenters. The average molecular weight is 336 g/mol. The molecule has 2 N–H and O–H groups in total. The highest BCUT2D eigenvalue weighted by Crippen LogP contribution is 2.28. The first-order chi connectivity index (χ1) is 8.19. The highest BCUT2D eigenvalue weighted by Gasteiger charge is 2.03. The summed E-state index contributed by atoms with van der Waals surface area (Å²) in [5, 5.41) is 8.80. The summed E-state index contributed by atoms with van der Waals surface area (Å²) in [6.07, 6.45) is 0. The van der Waals surface area contributed by atoms with E-state index in [1.807, 2.05) is 18.2 Å². The van der Waals surface area contributed by atoms with Crippen molar-refractivity contribution in [2.75, 3.05) is 5.73 Å². The maximum atomic E-state index is 8.80. The molecule has 0 aliphatic heterocycles. The predicted molar refractivity (Wildman–Crippen MR) is 74.8 cm³/mol. The van der Waals surface area contributed by atoms with Gasteiger partial charge in [0.25, 0.3) is 0 Å². The Morgan fingerprint density at radius 3 is 2.71 bits per heavy atom. The fraction of sp³-hybridized carbons (Fsp3) is 0. The van der Waals surface area contributed by atoms with Crippen molar-refractivity contribution in [1.29, 1.82) is 5.26 Å². The molecule has 4 heteroatoms. The molecule has 2 aromatic rings. The van der Waals surface area contributed by atoms with E-state index in [1.165, 1.54) is 0 Å².